The van der Waals surface area contributed by atoms with Crippen molar-refractivity contribution in [2.45, 2.75) is 12.7 Å². The number of halogens is 5. The second-order valence-electron chi connectivity index (χ2n) is 4.17. The summed E-state index contributed by atoms with van der Waals surface area (Å²) in [5.41, 5.74) is 0.492. The van der Waals surface area contributed by atoms with Crippen molar-refractivity contribution in [1.29, 1.82) is 0 Å². The van der Waals surface area contributed by atoms with Crippen LogP contribution in [0.1, 0.15) is 11.1 Å². The second-order valence-corrected chi connectivity index (χ2v) is 5.50. The zero-order valence-corrected chi connectivity index (χ0v) is 12.5. The van der Waals surface area contributed by atoms with Crippen LogP contribution in [0.25, 0.3) is 0 Å². The molecule has 0 aliphatic carbocycles. The molecule has 0 bridgehead atoms. The molecule has 20 heavy (non-hydrogen) atoms. The summed E-state index contributed by atoms with van der Waals surface area (Å²) in [7, 11) is 0. The third kappa shape index (κ3) is 3.90. The van der Waals surface area contributed by atoms with Gasteiger partial charge >= 0.3 is 6.18 Å². The third-order valence-corrected chi connectivity index (χ3v) is 3.55. The molecule has 0 spiro atoms. The SMILES string of the molecule is FC(F)(F)c1ccc(Cl)c(NCc2ccc(Br)cc2)c1. The number of alkyl halides is 3. The number of benzene rings is 2. The topological polar surface area (TPSA) is 12.0 Å². The summed E-state index contributed by atoms with van der Waals surface area (Å²) in [4.78, 5) is 0. The van der Waals surface area contributed by atoms with E-state index in [-0.39, 0.29) is 10.7 Å². The van der Waals surface area contributed by atoms with Gasteiger partial charge in [0.25, 0.3) is 0 Å². The average Bonchev–Trinajstić information content (AvgIpc) is 2.38. The van der Waals surface area contributed by atoms with E-state index < -0.39 is 11.7 Å². The van der Waals surface area contributed by atoms with Crippen molar-refractivity contribution in [3.63, 3.8) is 0 Å². The largest absolute Gasteiger partial charge is 0.416 e. The number of hydrogen-bond donors (Lipinski definition) is 1. The lowest BCUT2D eigenvalue weighted by Crippen LogP contribution is -2.07. The molecule has 0 radical (unpaired) electrons. The Morgan fingerprint density at radius 2 is 1.70 bits per heavy atom. The van der Waals surface area contributed by atoms with Crippen molar-refractivity contribution < 1.29 is 13.2 Å². The van der Waals surface area contributed by atoms with E-state index in [2.05, 4.69) is 21.2 Å². The normalized spacial score (nSPS) is 11.4. The van der Waals surface area contributed by atoms with Crippen LogP contribution >= 0.6 is 27.5 Å². The zero-order valence-electron chi connectivity index (χ0n) is 10.1. The first-order valence-electron chi connectivity index (χ1n) is 5.71. The second kappa shape index (κ2) is 6.06. The maximum atomic E-state index is 12.6. The fraction of sp³-hybridized carbons (Fsp3) is 0.143. The molecule has 106 valence electrons. The molecule has 0 amide bonds. The van der Waals surface area contributed by atoms with Gasteiger partial charge in [0.15, 0.2) is 0 Å². The van der Waals surface area contributed by atoms with Crippen molar-refractivity contribution in [2.24, 2.45) is 0 Å². The van der Waals surface area contributed by atoms with Gasteiger partial charge in [0, 0.05) is 11.0 Å². The van der Waals surface area contributed by atoms with Gasteiger partial charge in [0.1, 0.15) is 0 Å². The summed E-state index contributed by atoms with van der Waals surface area (Å²) in [6, 6.07) is 10.7. The first-order valence-corrected chi connectivity index (χ1v) is 6.88. The first-order chi connectivity index (χ1) is 9.36. The van der Waals surface area contributed by atoms with Crippen molar-refractivity contribution in [3.05, 3.63) is 63.1 Å². The van der Waals surface area contributed by atoms with Gasteiger partial charge in [-0.2, -0.15) is 13.2 Å². The van der Waals surface area contributed by atoms with Crippen LogP contribution in [0.15, 0.2) is 46.9 Å². The predicted octanol–water partition coefficient (Wildman–Crippen LogP) is 5.73. The number of nitrogens with one attached hydrogen (secondary N) is 1. The van der Waals surface area contributed by atoms with E-state index in [1.165, 1.54) is 6.07 Å². The van der Waals surface area contributed by atoms with E-state index in [1.54, 1.807) is 0 Å². The van der Waals surface area contributed by atoms with Gasteiger partial charge in [-0.1, -0.05) is 39.7 Å². The summed E-state index contributed by atoms with van der Waals surface area (Å²) in [5.74, 6) is 0. The van der Waals surface area contributed by atoms with Crippen LogP contribution < -0.4 is 5.32 Å². The van der Waals surface area contributed by atoms with Crippen molar-refractivity contribution in [1.82, 2.24) is 0 Å². The maximum Gasteiger partial charge on any atom is 0.416 e. The lowest BCUT2D eigenvalue weighted by Gasteiger charge is -2.12. The number of hydrogen-bond acceptors (Lipinski definition) is 1. The minimum atomic E-state index is -4.38. The number of rotatable bonds is 3. The van der Waals surface area contributed by atoms with E-state index in [0.29, 0.717) is 6.54 Å². The molecule has 0 fully saturated rings. The number of anilines is 1. The molecular weight excluding hydrogens is 355 g/mol. The quantitative estimate of drug-likeness (QED) is 0.733. The third-order valence-electron chi connectivity index (χ3n) is 2.69. The van der Waals surface area contributed by atoms with Crippen LogP contribution in [0.5, 0.6) is 0 Å². The van der Waals surface area contributed by atoms with Gasteiger partial charge in [-0.25, -0.2) is 0 Å². The Balaban J connectivity index is 2.14. The van der Waals surface area contributed by atoms with Crippen molar-refractivity contribution >= 4 is 33.2 Å². The van der Waals surface area contributed by atoms with Crippen LogP contribution in [-0.4, -0.2) is 0 Å². The highest BCUT2D eigenvalue weighted by Gasteiger charge is 2.30. The Hall–Kier alpha value is -1.20. The average molecular weight is 365 g/mol. The molecule has 2 aromatic rings. The van der Waals surface area contributed by atoms with Crippen LogP contribution in [0.2, 0.25) is 5.02 Å². The summed E-state index contributed by atoms with van der Waals surface area (Å²) < 4.78 is 38.8. The summed E-state index contributed by atoms with van der Waals surface area (Å²) >= 11 is 9.22. The minimum absolute atomic E-state index is 0.259. The summed E-state index contributed by atoms with van der Waals surface area (Å²) in [6.07, 6.45) is -4.38. The lowest BCUT2D eigenvalue weighted by atomic mass is 10.1. The Bertz CT molecular complexity index is 596. The molecule has 0 aromatic heterocycles. The highest BCUT2D eigenvalue weighted by atomic mass is 79.9. The molecular formula is C14H10BrClF3N. The predicted molar refractivity (Wildman–Crippen MR) is 77.9 cm³/mol. The van der Waals surface area contributed by atoms with E-state index in [4.69, 9.17) is 11.6 Å². The lowest BCUT2D eigenvalue weighted by molar-refractivity contribution is -0.137. The van der Waals surface area contributed by atoms with Crippen LogP contribution in [0, 0.1) is 0 Å². The Labute approximate surface area is 127 Å². The maximum absolute atomic E-state index is 12.6. The molecule has 0 saturated carbocycles. The Morgan fingerprint density at radius 3 is 2.30 bits per heavy atom. The monoisotopic (exact) mass is 363 g/mol. The van der Waals surface area contributed by atoms with Crippen LogP contribution in [0.4, 0.5) is 18.9 Å². The molecule has 0 aliphatic rings. The minimum Gasteiger partial charge on any atom is -0.380 e. The van der Waals surface area contributed by atoms with E-state index in [0.717, 1.165) is 22.2 Å². The molecule has 2 aromatic carbocycles. The molecule has 0 heterocycles. The highest BCUT2D eigenvalue weighted by molar-refractivity contribution is 9.10. The van der Waals surface area contributed by atoms with Crippen molar-refractivity contribution in [3.8, 4) is 0 Å². The van der Waals surface area contributed by atoms with Crippen LogP contribution in [-0.2, 0) is 12.7 Å². The molecule has 1 nitrogen and oxygen atoms in total. The Kier molecular flexibility index (Phi) is 4.60. The standard InChI is InChI=1S/C14H10BrClF3N/c15-11-4-1-9(2-5-11)8-20-13-7-10(14(17,18)19)3-6-12(13)16/h1-7,20H,8H2. The molecule has 0 unspecified atom stereocenters. The molecule has 2 rings (SSSR count). The van der Waals surface area contributed by atoms with E-state index in [1.807, 2.05) is 24.3 Å². The van der Waals surface area contributed by atoms with Crippen molar-refractivity contribution in [2.75, 3.05) is 5.32 Å². The van der Waals surface area contributed by atoms with Gasteiger partial charge in [0.05, 0.1) is 16.3 Å². The molecule has 6 heteroatoms. The van der Waals surface area contributed by atoms with Gasteiger partial charge in [-0.05, 0) is 35.9 Å². The summed E-state index contributed by atoms with van der Waals surface area (Å²) in [6.45, 7) is 0.397. The van der Waals surface area contributed by atoms with Gasteiger partial charge in [-0.3, -0.25) is 0 Å². The van der Waals surface area contributed by atoms with Gasteiger partial charge in [-0.15, -0.1) is 0 Å². The van der Waals surface area contributed by atoms with Gasteiger partial charge < -0.3 is 5.32 Å². The zero-order chi connectivity index (χ0) is 14.8. The van der Waals surface area contributed by atoms with E-state index in [9.17, 15) is 13.2 Å². The summed E-state index contributed by atoms with van der Waals surface area (Å²) in [5, 5.41) is 3.17. The fourth-order valence-corrected chi connectivity index (χ4v) is 2.09. The highest BCUT2D eigenvalue weighted by Crippen LogP contribution is 2.33. The van der Waals surface area contributed by atoms with Crippen LogP contribution in [0.3, 0.4) is 0 Å². The fourth-order valence-electron chi connectivity index (χ4n) is 1.64. The first kappa shape index (κ1) is 15.2. The Morgan fingerprint density at radius 1 is 1.05 bits per heavy atom. The molecule has 0 saturated heterocycles. The smallest absolute Gasteiger partial charge is 0.380 e. The molecule has 0 aliphatic heterocycles. The molecule has 1 N–H and O–H groups in total. The van der Waals surface area contributed by atoms with Gasteiger partial charge in [0.2, 0.25) is 0 Å². The molecule has 0 atom stereocenters. The van der Waals surface area contributed by atoms with E-state index >= 15 is 0 Å².